The van der Waals surface area contributed by atoms with Crippen molar-refractivity contribution < 1.29 is 13.2 Å². The number of amides is 1. The smallest absolute Gasteiger partial charge is 0.241 e. The van der Waals surface area contributed by atoms with E-state index in [0.29, 0.717) is 17.9 Å². The lowest BCUT2D eigenvalue weighted by molar-refractivity contribution is -0.117. The summed E-state index contributed by atoms with van der Waals surface area (Å²) in [5.74, 6) is -0.00890. The number of aryl methyl sites for hydroxylation is 4. The van der Waals surface area contributed by atoms with Gasteiger partial charge in [0.25, 0.3) is 0 Å². The first-order valence-corrected chi connectivity index (χ1v) is 10.6. The molecule has 1 aliphatic heterocycles. The number of sulfonamides is 1. The summed E-state index contributed by atoms with van der Waals surface area (Å²) in [5, 5.41) is 0. The standard InChI is InChI=1S/C21H26N2O3S/c1-14-5-7-19(8-6-14)23-13-18(11-20(23)24)12-22-27(25,26)21-16(3)9-15(2)10-17(21)4/h5-10,18,22H,11-13H2,1-4H3/t18-/m1/s1. The molecule has 0 radical (unpaired) electrons. The van der Waals surface area contributed by atoms with Crippen LogP contribution in [0.25, 0.3) is 0 Å². The fourth-order valence-corrected chi connectivity index (χ4v) is 5.35. The molecule has 1 saturated heterocycles. The third kappa shape index (κ3) is 4.22. The molecule has 27 heavy (non-hydrogen) atoms. The van der Waals surface area contributed by atoms with E-state index in [4.69, 9.17) is 0 Å². The highest BCUT2D eigenvalue weighted by Crippen LogP contribution is 2.26. The van der Waals surface area contributed by atoms with Crippen LogP contribution in [-0.4, -0.2) is 27.4 Å². The molecule has 6 heteroatoms. The summed E-state index contributed by atoms with van der Waals surface area (Å²) in [6.07, 6.45) is 0.349. The molecule has 1 heterocycles. The van der Waals surface area contributed by atoms with Crippen molar-refractivity contribution in [3.05, 3.63) is 58.7 Å². The van der Waals surface area contributed by atoms with Gasteiger partial charge in [-0.15, -0.1) is 0 Å². The Balaban J connectivity index is 1.70. The molecule has 0 saturated carbocycles. The Bertz CT molecular complexity index is 942. The van der Waals surface area contributed by atoms with E-state index in [0.717, 1.165) is 27.9 Å². The molecule has 2 aromatic rings. The van der Waals surface area contributed by atoms with Gasteiger partial charge in [-0.25, -0.2) is 13.1 Å². The number of rotatable bonds is 5. The van der Waals surface area contributed by atoms with E-state index in [-0.39, 0.29) is 18.4 Å². The minimum absolute atomic E-state index is 0.0331. The number of benzene rings is 2. The van der Waals surface area contributed by atoms with Crippen molar-refractivity contribution in [2.24, 2.45) is 5.92 Å². The Morgan fingerprint density at radius 1 is 1.00 bits per heavy atom. The lowest BCUT2D eigenvalue weighted by Crippen LogP contribution is -2.32. The fraction of sp³-hybridized carbons (Fsp3) is 0.381. The van der Waals surface area contributed by atoms with Gasteiger partial charge in [-0.1, -0.05) is 35.4 Å². The second-order valence-electron chi connectivity index (χ2n) is 7.49. The van der Waals surface area contributed by atoms with Crippen LogP contribution in [-0.2, 0) is 14.8 Å². The molecule has 3 rings (SSSR count). The number of nitrogens with zero attached hydrogens (tertiary/aromatic N) is 1. The van der Waals surface area contributed by atoms with E-state index in [9.17, 15) is 13.2 Å². The Morgan fingerprint density at radius 3 is 2.19 bits per heavy atom. The average Bonchev–Trinajstić information content (AvgIpc) is 2.93. The van der Waals surface area contributed by atoms with Gasteiger partial charge in [0.15, 0.2) is 0 Å². The second kappa shape index (κ2) is 7.44. The van der Waals surface area contributed by atoms with Crippen LogP contribution in [0.3, 0.4) is 0 Å². The van der Waals surface area contributed by atoms with Gasteiger partial charge >= 0.3 is 0 Å². The van der Waals surface area contributed by atoms with E-state index >= 15 is 0 Å². The molecule has 0 bridgehead atoms. The highest BCUT2D eigenvalue weighted by molar-refractivity contribution is 7.89. The topological polar surface area (TPSA) is 66.5 Å². The van der Waals surface area contributed by atoms with Crippen LogP contribution in [0, 0.1) is 33.6 Å². The predicted octanol–water partition coefficient (Wildman–Crippen LogP) is 3.25. The lowest BCUT2D eigenvalue weighted by atomic mass is 10.1. The van der Waals surface area contributed by atoms with Crippen molar-refractivity contribution in [3.8, 4) is 0 Å². The lowest BCUT2D eigenvalue weighted by Gasteiger charge is -2.18. The van der Waals surface area contributed by atoms with Crippen molar-refractivity contribution >= 4 is 21.6 Å². The quantitative estimate of drug-likeness (QED) is 0.858. The molecular formula is C21H26N2O3S. The average molecular weight is 387 g/mol. The zero-order chi connectivity index (χ0) is 19.8. The molecule has 0 unspecified atom stereocenters. The van der Waals surface area contributed by atoms with Gasteiger partial charge in [-0.3, -0.25) is 4.79 Å². The zero-order valence-electron chi connectivity index (χ0n) is 16.2. The first-order valence-electron chi connectivity index (χ1n) is 9.12. The molecule has 5 nitrogen and oxygen atoms in total. The molecule has 144 valence electrons. The van der Waals surface area contributed by atoms with Crippen molar-refractivity contribution in [3.63, 3.8) is 0 Å². The molecule has 0 aliphatic carbocycles. The Labute approximate surface area is 161 Å². The molecule has 1 atom stereocenters. The van der Waals surface area contributed by atoms with Gasteiger partial charge in [0.1, 0.15) is 0 Å². The monoisotopic (exact) mass is 386 g/mol. The van der Waals surface area contributed by atoms with Crippen molar-refractivity contribution in [1.82, 2.24) is 4.72 Å². The fourth-order valence-electron chi connectivity index (χ4n) is 3.78. The summed E-state index contributed by atoms with van der Waals surface area (Å²) in [7, 11) is -3.61. The predicted molar refractivity (Wildman–Crippen MR) is 107 cm³/mol. The molecular weight excluding hydrogens is 360 g/mol. The third-order valence-corrected chi connectivity index (χ3v) is 6.71. The summed E-state index contributed by atoms with van der Waals surface area (Å²) in [5.41, 5.74) is 4.52. The van der Waals surface area contributed by atoms with E-state index in [1.807, 2.05) is 64.1 Å². The summed E-state index contributed by atoms with van der Waals surface area (Å²) in [6, 6.07) is 11.6. The van der Waals surface area contributed by atoms with E-state index in [1.54, 1.807) is 4.90 Å². The van der Waals surface area contributed by atoms with Crippen molar-refractivity contribution in [1.29, 1.82) is 0 Å². The van der Waals surface area contributed by atoms with Gasteiger partial charge in [0.2, 0.25) is 15.9 Å². The molecule has 1 N–H and O–H groups in total. The number of anilines is 1. The van der Waals surface area contributed by atoms with E-state index < -0.39 is 10.0 Å². The maximum atomic E-state index is 12.8. The third-order valence-electron chi connectivity index (χ3n) is 4.99. The summed E-state index contributed by atoms with van der Waals surface area (Å²) < 4.78 is 28.3. The van der Waals surface area contributed by atoms with Crippen molar-refractivity contribution in [2.45, 2.75) is 39.0 Å². The zero-order valence-corrected chi connectivity index (χ0v) is 17.1. The number of carbonyl (C=O) groups is 1. The minimum Gasteiger partial charge on any atom is -0.312 e. The van der Waals surface area contributed by atoms with Crippen LogP contribution in [0.5, 0.6) is 0 Å². The molecule has 2 aromatic carbocycles. The Hall–Kier alpha value is -2.18. The molecule has 0 spiro atoms. The van der Waals surface area contributed by atoms with Crippen LogP contribution in [0.1, 0.15) is 28.7 Å². The minimum atomic E-state index is -3.61. The normalized spacial score (nSPS) is 17.6. The van der Waals surface area contributed by atoms with Crippen LogP contribution >= 0.6 is 0 Å². The maximum absolute atomic E-state index is 12.8. The van der Waals surface area contributed by atoms with Gasteiger partial charge in [0, 0.05) is 25.2 Å². The highest BCUT2D eigenvalue weighted by Gasteiger charge is 2.32. The maximum Gasteiger partial charge on any atom is 0.241 e. The number of hydrogen-bond donors (Lipinski definition) is 1. The molecule has 0 aromatic heterocycles. The Morgan fingerprint density at radius 2 is 1.59 bits per heavy atom. The summed E-state index contributed by atoms with van der Waals surface area (Å²) >= 11 is 0. The van der Waals surface area contributed by atoms with E-state index in [2.05, 4.69) is 4.72 Å². The first-order chi connectivity index (χ1) is 12.7. The van der Waals surface area contributed by atoms with E-state index in [1.165, 1.54) is 0 Å². The SMILES string of the molecule is Cc1ccc(N2C[C@@H](CNS(=O)(=O)c3c(C)cc(C)cc3C)CC2=O)cc1. The van der Waals surface area contributed by atoms with Crippen LogP contribution in [0.15, 0.2) is 41.3 Å². The number of carbonyl (C=O) groups excluding carboxylic acids is 1. The van der Waals surface area contributed by atoms with Gasteiger partial charge in [0.05, 0.1) is 4.90 Å². The van der Waals surface area contributed by atoms with Crippen LogP contribution < -0.4 is 9.62 Å². The number of hydrogen-bond acceptors (Lipinski definition) is 3. The van der Waals surface area contributed by atoms with Gasteiger partial charge in [-0.05, 0) is 56.9 Å². The summed E-state index contributed by atoms with van der Waals surface area (Å²) in [6.45, 7) is 8.36. The largest absolute Gasteiger partial charge is 0.312 e. The molecule has 1 aliphatic rings. The van der Waals surface area contributed by atoms with Gasteiger partial charge < -0.3 is 4.90 Å². The first kappa shape index (κ1) is 19.6. The Kier molecular flexibility index (Phi) is 5.40. The number of nitrogens with one attached hydrogen (secondary N) is 1. The van der Waals surface area contributed by atoms with Gasteiger partial charge in [-0.2, -0.15) is 0 Å². The second-order valence-corrected chi connectivity index (χ2v) is 9.19. The molecule has 1 fully saturated rings. The molecule has 1 amide bonds. The summed E-state index contributed by atoms with van der Waals surface area (Å²) in [4.78, 5) is 14.4. The van der Waals surface area contributed by atoms with Crippen LogP contribution in [0.4, 0.5) is 5.69 Å². The van der Waals surface area contributed by atoms with Crippen molar-refractivity contribution in [2.75, 3.05) is 18.0 Å². The van der Waals surface area contributed by atoms with Crippen LogP contribution in [0.2, 0.25) is 0 Å². The highest BCUT2D eigenvalue weighted by atomic mass is 32.2.